The second-order valence-corrected chi connectivity index (χ2v) is 7.59. The van der Waals surface area contributed by atoms with E-state index in [1.54, 1.807) is 6.92 Å². The smallest absolute Gasteiger partial charge is 0.158 e. The Bertz CT molecular complexity index is 893. The van der Waals surface area contributed by atoms with E-state index in [1.165, 1.54) is 6.92 Å². The molecule has 0 spiro atoms. The third kappa shape index (κ3) is 3.03. The van der Waals surface area contributed by atoms with Crippen LogP contribution in [0.4, 0.5) is 0 Å². The Morgan fingerprint density at radius 3 is 1.93 bits per heavy atom. The highest BCUT2D eigenvalue weighted by Crippen LogP contribution is 2.59. The molecule has 1 fully saturated rings. The summed E-state index contributed by atoms with van der Waals surface area (Å²) in [5.41, 5.74) is -1.24. The van der Waals surface area contributed by atoms with E-state index in [9.17, 15) is 20.4 Å². The summed E-state index contributed by atoms with van der Waals surface area (Å²) in [6.07, 6.45) is 0.172. The zero-order valence-electron chi connectivity index (χ0n) is 15.5. The van der Waals surface area contributed by atoms with Crippen LogP contribution >= 0.6 is 0 Å². The van der Waals surface area contributed by atoms with Gasteiger partial charge in [0.1, 0.15) is 5.78 Å². The summed E-state index contributed by atoms with van der Waals surface area (Å²) in [6, 6.07) is 23.0. The third-order valence-corrected chi connectivity index (χ3v) is 5.83. The summed E-state index contributed by atoms with van der Waals surface area (Å²) in [5, 5.41) is 31.7. The zero-order chi connectivity index (χ0) is 19.7. The van der Waals surface area contributed by atoms with Gasteiger partial charge in [-0.3, -0.25) is 4.79 Å². The summed E-state index contributed by atoms with van der Waals surface area (Å²) in [7, 11) is 0. The van der Waals surface area contributed by atoms with E-state index in [0.29, 0.717) is 0 Å². The minimum Gasteiger partial charge on any atom is -0.389 e. The van der Waals surface area contributed by atoms with Crippen LogP contribution in [0, 0.1) is 34.0 Å². The quantitative estimate of drug-likeness (QED) is 0.900. The molecule has 0 radical (unpaired) electrons. The minimum absolute atomic E-state index is 0.172. The van der Waals surface area contributed by atoms with Gasteiger partial charge in [0.25, 0.3) is 0 Å². The SMILES string of the molecule is CC(=O)[C@H]1[C@H](c2ccccc2)C(C#N)(C#N)[C@H](c2ccccc2)C[C@@]1(C)O. The van der Waals surface area contributed by atoms with Gasteiger partial charge >= 0.3 is 0 Å². The van der Waals surface area contributed by atoms with Gasteiger partial charge in [-0.05, 0) is 31.4 Å². The van der Waals surface area contributed by atoms with Gasteiger partial charge in [-0.25, -0.2) is 0 Å². The van der Waals surface area contributed by atoms with Crippen LogP contribution in [0.5, 0.6) is 0 Å². The largest absolute Gasteiger partial charge is 0.389 e. The van der Waals surface area contributed by atoms with Gasteiger partial charge < -0.3 is 5.11 Å². The highest BCUT2D eigenvalue weighted by molar-refractivity contribution is 5.81. The van der Waals surface area contributed by atoms with E-state index in [0.717, 1.165) is 11.1 Å². The monoisotopic (exact) mass is 358 g/mol. The van der Waals surface area contributed by atoms with Crippen molar-refractivity contribution >= 4 is 5.78 Å². The van der Waals surface area contributed by atoms with Gasteiger partial charge in [0.05, 0.1) is 23.7 Å². The van der Waals surface area contributed by atoms with Gasteiger partial charge in [0.2, 0.25) is 0 Å². The Morgan fingerprint density at radius 1 is 1.00 bits per heavy atom. The molecule has 3 rings (SSSR count). The summed E-state index contributed by atoms with van der Waals surface area (Å²) in [4.78, 5) is 12.6. The first-order valence-electron chi connectivity index (χ1n) is 9.02. The van der Waals surface area contributed by atoms with E-state index in [4.69, 9.17) is 0 Å². The predicted molar refractivity (Wildman–Crippen MR) is 101 cm³/mol. The molecule has 0 amide bonds. The number of ketones is 1. The molecule has 0 bridgehead atoms. The molecule has 27 heavy (non-hydrogen) atoms. The van der Waals surface area contributed by atoms with Gasteiger partial charge in [0, 0.05) is 11.8 Å². The van der Waals surface area contributed by atoms with Crippen LogP contribution in [0.2, 0.25) is 0 Å². The lowest BCUT2D eigenvalue weighted by atomic mass is 9.49. The third-order valence-electron chi connectivity index (χ3n) is 5.83. The molecular formula is C23H22N2O2. The van der Waals surface area contributed by atoms with Crippen molar-refractivity contribution in [1.29, 1.82) is 10.5 Å². The van der Waals surface area contributed by atoms with Gasteiger partial charge in [-0.15, -0.1) is 0 Å². The molecule has 4 nitrogen and oxygen atoms in total. The highest BCUT2D eigenvalue weighted by atomic mass is 16.3. The van der Waals surface area contributed by atoms with Crippen molar-refractivity contribution in [3.05, 3.63) is 71.8 Å². The molecule has 0 aromatic heterocycles. The van der Waals surface area contributed by atoms with Gasteiger partial charge in [0.15, 0.2) is 5.41 Å². The molecule has 1 aliphatic carbocycles. The molecule has 1 N–H and O–H groups in total. The lowest BCUT2D eigenvalue weighted by Crippen LogP contribution is -2.55. The van der Waals surface area contributed by atoms with Crippen molar-refractivity contribution in [2.45, 2.75) is 37.7 Å². The van der Waals surface area contributed by atoms with Crippen LogP contribution in [0.1, 0.15) is 43.2 Å². The minimum atomic E-state index is -1.46. The second kappa shape index (κ2) is 6.99. The predicted octanol–water partition coefficient (Wildman–Crippen LogP) is 3.95. The van der Waals surface area contributed by atoms with E-state index < -0.39 is 28.8 Å². The molecule has 0 aliphatic heterocycles. The molecule has 0 unspecified atom stereocenters. The fourth-order valence-corrected chi connectivity index (χ4v) is 4.71. The number of carbonyl (C=O) groups excluding carboxylic acids is 1. The van der Waals surface area contributed by atoms with Crippen LogP contribution in [-0.2, 0) is 4.79 Å². The van der Waals surface area contributed by atoms with Crippen molar-refractivity contribution in [2.24, 2.45) is 11.3 Å². The number of carbonyl (C=O) groups is 1. The van der Waals surface area contributed by atoms with Crippen LogP contribution < -0.4 is 0 Å². The molecule has 1 aliphatic rings. The molecule has 1 saturated carbocycles. The standard InChI is InChI=1S/C23H22N2O2/c1-16(26)20-21(18-11-7-4-8-12-18)23(14-24,15-25)19(13-22(20,2)27)17-9-5-3-6-10-17/h3-12,19-21,27H,13H2,1-2H3/t19-,20-,21-,22+/m0/s1. The number of Topliss-reactive ketones (excluding diaryl/α,β-unsaturated/α-hetero) is 1. The Labute approximate surface area is 159 Å². The summed E-state index contributed by atoms with van der Waals surface area (Å²) >= 11 is 0. The van der Waals surface area contributed by atoms with Crippen LogP contribution in [0.15, 0.2) is 60.7 Å². The number of aliphatic hydroxyl groups is 1. The second-order valence-electron chi connectivity index (χ2n) is 7.59. The normalized spacial score (nSPS) is 29.3. The van der Waals surface area contributed by atoms with Gasteiger partial charge in [-0.2, -0.15) is 10.5 Å². The molecule has 136 valence electrons. The maximum atomic E-state index is 12.6. The van der Waals surface area contributed by atoms with E-state index in [1.807, 2.05) is 60.7 Å². The lowest BCUT2D eigenvalue weighted by molar-refractivity contribution is -0.139. The fourth-order valence-electron chi connectivity index (χ4n) is 4.71. The first-order valence-corrected chi connectivity index (χ1v) is 9.02. The molecule has 0 saturated heterocycles. The first-order chi connectivity index (χ1) is 12.9. The lowest BCUT2D eigenvalue weighted by Gasteiger charge is -2.51. The Kier molecular flexibility index (Phi) is 4.87. The van der Waals surface area contributed by atoms with E-state index in [-0.39, 0.29) is 12.2 Å². The molecule has 2 aromatic rings. The Hall–Kier alpha value is -2.95. The Balaban J connectivity index is 2.30. The maximum Gasteiger partial charge on any atom is 0.158 e. The molecule has 4 heteroatoms. The molecule has 2 aromatic carbocycles. The van der Waals surface area contributed by atoms with Crippen LogP contribution in [-0.4, -0.2) is 16.5 Å². The number of hydrogen-bond acceptors (Lipinski definition) is 4. The summed E-state index contributed by atoms with van der Waals surface area (Å²) in [5.74, 6) is -2.28. The number of benzene rings is 2. The van der Waals surface area contributed by atoms with Crippen LogP contribution in [0.25, 0.3) is 0 Å². The van der Waals surface area contributed by atoms with Gasteiger partial charge in [-0.1, -0.05) is 60.7 Å². The van der Waals surface area contributed by atoms with Crippen molar-refractivity contribution < 1.29 is 9.90 Å². The number of nitrogens with zero attached hydrogens (tertiary/aromatic N) is 2. The fraction of sp³-hybridized carbons (Fsp3) is 0.348. The zero-order valence-corrected chi connectivity index (χ0v) is 15.5. The maximum absolute atomic E-state index is 12.6. The number of rotatable bonds is 3. The molecular weight excluding hydrogens is 336 g/mol. The van der Waals surface area contributed by atoms with Crippen molar-refractivity contribution in [3.63, 3.8) is 0 Å². The van der Waals surface area contributed by atoms with Crippen molar-refractivity contribution in [1.82, 2.24) is 0 Å². The number of nitriles is 2. The van der Waals surface area contributed by atoms with Crippen LogP contribution in [0.3, 0.4) is 0 Å². The summed E-state index contributed by atoms with van der Waals surface area (Å²) < 4.78 is 0. The average Bonchev–Trinajstić information content (AvgIpc) is 2.68. The highest BCUT2D eigenvalue weighted by Gasteiger charge is 2.61. The van der Waals surface area contributed by atoms with E-state index >= 15 is 0 Å². The van der Waals surface area contributed by atoms with Crippen molar-refractivity contribution in [3.8, 4) is 12.1 Å². The first kappa shape index (κ1) is 18.8. The summed E-state index contributed by atoms with van der Waals surface area (Å²) in [6.45, 7) is 3.07. The topological polar surface area (TPSA) is 84.9 Å². The number of hydrogen-bond donors (Lipinski definition) is 1. The van der Waals surface area contributed by atoms with Crippen molar-refractivity contribution in [2.75, 3.05) is 0 Å². The van der Waals surface area contributed by atoms with E-state index in [2.05, 4.69) is 12.1 Å². The molecule has 0 heterocycles. The Morgan fingerprint density at radius 2 is 1.48 bits per heavy atom. The molecule has 4 atom stereocenters. The average molecular weight is 358 g/mol.